The second-order valence-corrected chi connectivity index (χ2v) is 10.3. The fourth-order valence-electron chi connectivity index (χ4n) is 4.10. The number of nitrogens with one attached hydrogen (secondary N) is 3. The predicted molar refractivity (Wildman–Crippen MR) is 146 cm³/mol. The van der Waals surface area contributed by atoms with E-state index in [0.29, 0.717) is 27.8 Å². The zero-order valence-corrected chi connectivity index (χ0v) is 21.7. The number of fused-ring (bicyclic) bond motifs is 1. The molecular formula is C28H32N3O4P. The molecule has 3 aromatic carbocycles. The number of carbonyl (C=O) groups is 1. The van der Waals surface area contributed by atoms with Gasteiger partial charge in [0.15, 0.2) is 0 Å². The van der Waals surface area contributed by atoms with Crippen LogP contribution in [0.25, 0.3) is 11.3 Å². The van der Waals surface area contributed by atoms with E-state index in [1.54, 1.807) is 32.0 Å². The molecule has 0 saturated heterocycles. The molecule has 3 aromatic rings. The van der Waals surface area contributed by atoms with E-state index in [0.717, 1.165) is 24.3 Å². The van der Waals surface area contributed by atoms with Crippen LogP contribution in [0.1, 0.15) is 37.5 Å². The second kappa shape index (κ2) is 11.7. The van der Waals surface area contributed by atoms with E-state index in [1.807, 2.05) is 42.5 Å². The highest BCUT2D eigenvalue weighted by atomic mass is 31.2. The number of amides is 1. The van der Waals surface area contributed by atoms with E-state index in [1.165, 1.54) is 5.56 Å². The Hall–Kier alpha value is -3.22. The highest BCUT2D eigenvalue weighted by Crippen LogP contribution is 2.48. The number of carbonyl (C=O) groups excluding carboxylic acids is 1. The average molecular weight is 506 g/mol. The predicted octanol–water partition coefficient (Wildman–Crippen LogP) is 5.62. The molecule has 0 atom stereocenters. The highest BCUT2D eigenvalue weighted by molar-refractivity contribution is 7.62. The van der Waals surface area contributed by atoms with Gasteiger partial charge in [-0.3, -0.25) is 9.36 Å². The number of hydrogen-bond acceptors (Lipinski definition) is 6. The van der Waals surface area contributed by atoms with Crippen LogP contribution >= 0.6 is 7.60 Å². The minimum atomic E-state index is -3.52. The summed E-state index contributed by atoms with van der Waals surface area (Å²) < 4.78 is 24.6. The van der Waals surface area contributed by atoms with Crippen molar-refractivity contribution in [2.75, 3.05) is 30.4 Å². The SMILES string of the molecule is CCNCc1ccc(NC(=C2C(=O)Nc3ccc(P(=O)(OCC)OCC)cc32)c2ccccc2)cc1. The largest absolute Gasteiger partial charge is 0.361 e. The van der Waals surface area contributed by atoms with Crippen LogP contribution < -0.4 is 21.3 Å². The number of anilines is 2. The standard InChI is InChI=1S/C28H32N3O4P/c1-4-29-19-20-12-14-22(15-13-20)30-27(21-10-8-7-9-11-21)26-24-18-23(16-17-25(24)31-28(26)32)36(33,34-5-2)35-6-3/h7-18,29-30H,4-6,19H2,1-3H3,(H,31,32). The van der Waals surface area contributed by atoms with Gasteiger partial charge in [0.05, 0.1) is 29.8 Å². The van der Waals surface area contributed by atoms with Crippen molar-refractivity contribution in [3.05, 3.63) is 89.5 Å². The third-order valence-corrected chi connectivity index (χ3v) is 7.88. The van der Waals surface area contributed by atoms with Crippen molar-refractivity contribution in [3.63, 3.8) is 0 Å². The van der Waals surface area contributed by atoms with Gasteiger partial charge in [0.2, 0.25) is 0 Å². The molecule has 0 saturated carbocycles. The normalized spacial score (nSPS) is 14.4. The molecule has 4 rings (SSSR count). The van der Waals surface area contributed by atoms with Crippen LogP contribution in [0.5, 0.6) is 0 Å². The molecule has 1 aliphatic heterocycles. The summed E-state index contributed by atoms with van der Waals surface area (Å²) in [4.78, 5) is 13.3. The van der Waals surface area contributed by atoms with Crippen LogP contribution in [-0.4, -0.2) is 25.7 Å². The molecule has 36 heavy (non-hydrogen) atoms. The maximum atomic E-state index is 13.5. The highest BCUT2D eigenvalue weighted by Gasteiger charge is 2.33. The molecular weight excluding hydrogens is 473 g/mol. The first-order valence-electron chi connectivity index (χ1n) is 12.2. The topological polar surface area (TPSA) is 88.7 Å². The first kappa shape index (κ1) is 25.9. The number of rotatable bonds is 11. The van der Waals surface area contributed by atoms with Crippen molar-refractivity contribution < 1.29 is 18.4 Å². The molecule has 1 aliphatic rings. The van der Waals surface area contributed by atoms with Crippen molar-refractivity contribution >= 4 is 41.5 Å². The summed E-state index contributed by atoms with van der Waals surface area (Å²) in [6, 6.07) is 23.0. The van der Waals surface area contributed by atoms with Gasteiger partial charge in [-0.15, -0.1) is 0 Å². The third-order valence-electron chi connectivity index (χ3n) is 5.78. The van der Waals surface area contributed by atoms with E-state index in [4.69, 9.17) is 9.05 Å². The molecule has 8 heteroatoms. The van der Waals surface area contributed by atoms with Gasteiger partial charge in [-0.2, -0.15) is 0 Å². The zero-order chi connectivity index (χ0) is 25.5. The summed E-state index contributed by atoms with van der Waals surface area (Å²) in [6.45, 7) is 7.81. The molecule has 0 bridgehead atoms. The Labute approximate surface area is 212 Å². The van der Waals surface area contributed by atoms with Crippen LogP contribution in [-0.2, 0) is 25.0 Å². The van der Waals surface area contributed by atoms with E-state index >= 15 is 0 Å². The third kappa shape index (κ3) is 5.61. The number of hydrogen-bond donors (Lipinski definition) is 3. The Morgan fingerprint density at radius 3 is 2.25 bits per heavy atom. The smallest absolute Gasteiger partial charge is 0.354 e. The van der Waals surface area contributed by atoms with E-state index in [9.17, 15) is 9.36 Å². The molecule has 0 spiro atoms. The Kier molecular flexibility index (Phi) is 8.39. The monoisotopic (exact) mass is 505 g/mol. The van der Waals surface area contributed by atoms with Gasteiger partial charge in [-0.25, -0.2) is 0 Å². The molecule has 1 heterocycles. The molecule has 0 fully saturated rings. The Morgan fingerprint density at radius 1 is 0.917 bits per heavy atom. The summed E-state index contributed by atoms with van der Waals surface area (Å²) in [7, 11) is -3.52. The minimum Gasteiger partial charge on any atom is -0.354 e. The van der Waals surface area contributed by atoms with Gasteiger partial charge < -0.3 is 25.0 Å². The van der Waals surface area contributed by atoms with Crippen molar-refractivity contribution in [2.45, 2.75) is 27.3 Å². The van der Waals surface area contributed by atoms with Crippen LogP contribution in [0, 0.1) is 0 Å². The van der Waals surface area contributed by atoms with E-state index in [2.05, 4.69) is 35.0 Å². The molecule has 0 unspecified atom stereocenters. The molecule has 0 aliphatic carbocycles. The van der Waals surface area contributed by atoms with Gasteiger partial charge in [0, 0.05) is 23.5 Å². The first-order chi connectivity index (χ1) is 17.5. The lowest BCUT2D eigenvalue weighted by atomic mass is 10.00. The van der Waals surface area contributed by atoms with Crippen LogP contribution in [0.15, 0.2) is 72.8 Å². The molecule has 1 amide bonds. The summed E-state index contributed by atoms with van der Waals surface area (Å²) in [5.41, 5.74) is 5.30. The van der Waals surface area contributed by atoms with E-state index < -0.39 is 7.60 Å². The fraction of sp³-hybridized carbons (Fsp3) is 0.250. The van der Waals surface area contributed by atoms with Crippen molar-refractivity contribution in [2.24, 2.45) is 0 Å². The summed E-state index contributed by atoms with van der Waals surface area (Å²) in [6.07, 6.45) is 0. The molecule has 0 aromatic heterocycles. The van der Waals surface area contributed by atoms with Gasteiger partial charge in [-0.05, 0) is 61.9 Å². The van der Waals surface area contributed by atoms with Gasteiger partial charge in [-0.1, -0.05) is 49.4 Å². The molecule has 188 valence electrons. The Bertz CT molecular complexity index is 1280. The van der Waals surface area contributed by atoms with E-state index in [-0.39, 0.29) is 19.1 Å². The van der Waals surface area contributed by atoms with Gasteiger partial charge in [0.25, 0.3) is 5.91 Å². The lowest BCUT2D eigenvalue weighted by molar-refractivity contribution is -0.110. The first-order valence-corrected chi connectivity index (χ1v) is 13.7. The summed E-state index contributed by atoms with van der Waals surface area (Å²) in [5, 5.41) is 10.1. The number of benzene rings is 3. The summed E-state index contributed by atoms with van der Waals surface area (Å²) in [5.74, 6) is -0.236. The maximum absolute atomic E-state index is 13.5. The lowest BCUT2D eigenvalue weighted by Gasteiger charge is -2.18. The van der Waals surface area contributed by atoms with Crippen LogP contribution in [0.4, 0.5) is 11.4 Å². The Morgan fingerprint density at radius 2 is 1.61 bits per heavy atom. The molecule has 3 N–H and O–H groups in total. The maximum Gasteiger partial charge on any atom is 0.361 e. The average Bonchev–Trinajstić information content (AvgIpc) is 3.22. The van der Waals surface area contributed by atoms with Crippen molar-refractivity contribution in [1.82, 2.24) is 5.32 Å². The second-order valence-electron chi connectivity index (χ2n) is 8.24. The molecule has 0 radical (unpaired) electrons. The summed E-state index contributed by atoms with van der Waals surface area (Å²) >= 11 is 0. The van der Waals surface area contributed by atoms with Crippen molar-refractivity contribution in [3.8, 4) is 0 Å². The van der Waals surface area contributed by atoms with Crippen molar-refractivity contribution in [1.29, 1.82) is 0 Å². The van der Waals surface area contributed by atoms with Crippen LogP contribution in [0.3, 0.4) is 0 Å². The zero-order valence-electron chi connectivity index (χ0n) is 20.8. The molecule has 7 nitrogen and oxygen atoms in total. The van der Waals surface area contributed by atoms with Gasteiger partial charge in [0.1, 0.15) is 0 Å². The Balaban J connectivity index is 1.81. The quantitative estimate of drug-likeness (QED) is 0.232. The minimum absolute atomic E-state index is 0.236. The fourth-order valence-corrected chi connectivity index (χ4v) is 5.70. The van der Waals surface area contributed by atoms with Gasteiger partial charge >= 0.3 is 7.60 Å². The van der Waals surface area contributed by atoms with Crippen LogP contribution in [0.2, 0.25) is 0 Å². The lowest BCUT2D eigenvalue weighted by Crippen LogP contribution is -2.12.